The van der Waals surface area contributed by atoms with Crippen LogP contribution in [-0.2, 0) is 5.41 Å². The molecular weight excluding hydrogens is 717 g/mol. The van der Waals surface area contributed by atoms with Crippen molar-refractivity contribution in [1.82, 2.24) is 19.1 Å². The first kappa shape index (κ1) is 33.6. The predicted molar refractivity (Wildman–Crippen MR) is 245 cm³/mol. The minimum Gasteiger partial charge on any atom is -0.309 e. The Labute approximate surface area is 342 Å². The Morgan fingerprint density at radius 1 is 0.424 bits per heavy atom. The van der Waals surface area contributed by atoms with Crippen LogP contribution in [0.5, 0.6) is 0 Å². The number of para-hydroxylation sites is 3. The molecule has 0 saturated carbocycles. The van der Waals surface area contributed by atoms with E-state index in [1.165, 1.54) is 65.9 Å². The molecule has 12 rings (SSSR count). The van der Waals surface area contributed by atoms with E-state index in [-0.39, 0.29) is 5.41 Å². The predicted octanol–water partition coefficient (Wildman–Crippen LogP) is 14.0. The van der Waals surface area contributed by atoms with Gasteiger partial charge in [-0.3, -0.25) is 0 Å². The summed E-state index contributed by atoms with van der Waals surface area (Å²) < 4.78 is 5.03. The molecule has 1 aliphatic carbocycles. The highest BCUT2D eigenvalue weighted by Gasteiger charge is 2.41. The fraction of sp³-hybridized carbons (Fsp3) is 0.0545. The van der Waals surface area contributed by atoms with Gasteiger partial charge in [-0.1, -0.05) is 153 Å². The van der Waals surface area contributed by atoms with Gasteiger partial charge in [0, 0.05) is 60.6 Å². The van der Waals surface area contributed by atoms with Crippen molar-refractivity contribution in [3.63, 3.8) is 0 Å². The fourth-order valence-corrected chi connectivity index (χ4v) is 9.91. The van der Waals surface area contributed by atoms with Crippen LogP contribution in [0.4, 0.5) is 0 Å². The number of benzene rings is 8. The largest absolute Gasteiger partial charge is 0.309 e. The van der Waals surface area contributed by atoms with E-state index in [2.05, 4.69) is 205 Å². The summed E-state index contributed by atoms with van der Waals surface area (Å²) in [6.07, 6.45) is 0. The lowest BCUT2D eigenvalue weighted by atomic mass is 9.81. The van der Waals surface area contributed by atoms with E-state index in [1.807, 2.05) is 12.1 Å². The molecule has 0 N–H and O–H groups in total. The van der Waals surface area contributed by atoms with Crippen LogP contribution >= 0.6 is 0 Å². The molecule has 0 atom stereocenters. The van der Waals surface area contributed by atoms with Crippen molar-refractivity contribution in [2.24, 2.45) is 0 Å². The molecule has 1 aliphatic rings. The number of fused-ring (bicyclic) bond motifs is 12. The topological polar surface area (TPSA) is 35.6 Å². The summed E-state index contributed by atoms with van der Waals surface area (Å²) >= 11 is 0. The van der Waals surface area contributed by atoms with Crippen molar-refractivity contribution in [3.8, 4) is 56.4 Å². The van der Waals surface area contributed by atoms with E-state index >= 15 is 0 Å². The average Bonchev–Trinajstić information content (AvgIpc) is 3.90. The van der Waals surface area contributed by atoms with Crippen LogP contribution in [0.25, 0.3) is 100 Å². The highest BCUT2D eigenvalue weighted by molar-refractivity contribution is 6.33. The number of hydrogen-bond acceptors (Lipinski definition) is 2. The Morgan fingerprint density at radius 2 is 0.898 bits per heavy atom. The number of aromatic nitrogens is 4. The Kier molecular flexibility index (Phi) is 7.24. The van der Waals surface area contributed by atoms with Crippen LogP contribution < -0.4 is 0 Å². The van der Waals surface area contributed by atoms with Gasteiger partial charge in [-0.2, -0.15) is 0 Å². The van der Waals surface area contributed by atoms with Crippen molar-refractivity contribution < 1.29 is 0 Å². The normalized spacial score (nSPS) is 13.1. The molecular formula is C55H38N4. The molecule has 0 bridgehead atoms. The lowest BCUT2D eigenvalue weighted by Crippen LogP contribution is -2.16. The number of hydrogen-bond donors (Lipinski definition) is 0. The number of nitrogens with zero attached hydrogens (tertiary/aromatic N) is 4. The molecule has 0 saturated heterocycles. The Morgan fingerprint density at radius 3 is 1.51 bits per heavy atom. The van der Waals surface area contributed by atoms with Crippen molar-refractivity contribution in [3.05, 3.63) is 205 Å². The fourth-order valence-electron chi connectivity index (χ4n) is 9.91. The summed E-state index contributed by atoms with van der Waals surface area (Å²) in [5, 5.41) is 5.08. The van der Waals surface area contributed by atoms with E-state index in [0.29, 0.717) is 5.82 Å². The minimum atomic E-state index is -0.276. The molecule has 4 nitrogen and oxygen atoms in total. The molecule has 0 amide bonds. The molecule has 4 heteroatoms. The molecule has 3 heterocycles. The molecule has 59 heavy (non-hydrogen) atoms. The van der Waals surface area contributed by atoms with Gasteiger partial charge in [0.2, 0.25) is 0 Å². The van der Waals surface area contributed by atoms with Crippen LogP contribution in [0, 0.1) is 0 Å². The van der Waals surface area contributed by atoms with E-state index in [4.69, 9.17) is 9.97 Å². The molecule has 278 valence electrons. The van der Waals surface area contributed by atoms with Gasteiger partial charge in [0.25, 0.3) is 0 Å². The van der Waals surface area contributed by atoms with Crippen molar-refractivity contribution in [2.45, 2.75) is 19.3 Å². The highest BCUT2D eigenvalue weighted by Crippen LogP contribution is 2.58. The van der Waals surface area contributed by atoms with Gasteiger partial charge in [0.15, 0.2) is 5.82 Å². The van der Waals surface area contributed by atoms with E-state index in [1.54, 1.807) is 0 Å². The van der Waals surface area contributed by atoms with Gasteiger partial charge in [0.1, 0.15) is 0 Å². The molecule has 0 fully saturated rings. The molecule has 11 aromatic rings. The van der Waals surface area contributed by atoms with Crippen LogP contribution in [0.3, 0.4) is 0 Å². The summed E-state index contributed by atoms with van der Waals surface area (Å²) in [4.78, 5) is 10.3. The van der Waals surface area contributed by atoms with Crippen LogP contribution in [0.15, 0.2) is 194 Å². The quantitative estimate of drug-likeness (QED) is 0.175. The molecule has 0 unspecified atom stereocenters. The lowest BCUT2D eigenvalue weighted by molar-refractivity contribution is 0.664. The molecule has 3 aromatic heterocycles. The highest BCUT2D eigenvalue weighted by atomic mass is 15.0. The van der Waals surface area contributed by atoms with Crippen molar-refractivity contribution >= 4 is 43.6 Å². The maximum absolute atomic E-state index is 5.15. The van der Waals surface area contributed by atoms with Gasteiger partial charge < -0.3 is 9.13 Å². The molecule has 0 aliphatic heterocycles. The van der Waals surface area contributed by atoms with Crippen molar-refractivity contribution in [1.29, 1.82) is 0 Å². The van der Waals surface area contributed by atoms with Crippen molar-refractivity contribution in [2.75, 3.05) is 0 Å². The van der Waals surface area contributed by atoms with Crippen LogP contribution in [0.1, 0.15) is 25.0 Å². The van der Waals surface area contributed by atoms with Gasteiger partial charge in [-0.15, -0.1) is 0 Å². The van der Waals surface area contributed by atoms with Gasteiger partial charge in [-0.25, -0.2) is 9.97 Å². The second-order valence-corrected chi connectivity index (χ2v) is 16.1. The van der Waals surface area contributed by atoms with E-state index in [0.717, 1.165) is 39.5 Å². The Hall–Kier alpha value is -7.56. The smallest absolute Gasteiger partial charge is 0.160 e. The van der Waals surface area contributed by atoms with E-state index in [9.17, 15) is 0 Å². The zero-order valence-corrected chi connectivity index (χ0v) is 32.8. The number of rotatable bonds is 5. The third-order valence-corrected chi connectivity index (χ3v) is 12.5. The summed E-state index contributed by atoms with van der Waals surface area (Å²) in [7, 11) is 0. The average molecular weight is 755 g/mol. The maximum atomic E-state index is 5.15. The SMILES string of the molecule is CC1(C)c2ccccc2-c2c1c1c(c3ccccc3n1-c1ccc(-c3nc(-c4ccccc4)cc(-c4ccccc4)n3)cc1)c1c3ccccc3n(-c3ccccc3)c21. The first-order valence-corrected chi connectivity index (χ1v) is 20.3. The maximum Gasteiger partial charge on any atom is 0.160 e. The Bertz CT molecular complexity index is 3370. The second kappa shape index (κ2) is 12.7. The molecule has 0 radical (unpaired) electrons. The summed E-state index contributed by atoms with van der Waals surface area (Å²) in [6.45, 7) is 4.82. The van der Waals surface area contributed by atoms with Crippen LogP contribution in [0.2, 0.25) is 0 Å². The third-order valence-electron chi connectivity index (χ3n) is 12.5. The van der Waals surface area contributed by atoms with Crippen LogP contribution in [-0.4, -0.2) is 19.1 Å². The molecule has 0 spiro atoms. The summed E-state index contributed by atoms with van der Waals surface area (Å²) in [5.41, 5.74) is 17.1. The van der Waals surface area contributed by atoms with Gasteiger partial charge in [0.05, 0.1) is 33.5 Å². The zero-order valence-electron chi connectivity index (χ0n) is 32.8. The third kappa shape index (κ3) is 4.90. The first-order valence-electron chi connectivity index (χ1n) is 20.3. The van der Waals surface area contributed by atoms with E-state index < -0.39 is 0 Å². The Balaban J connectivity index is 1.16. The zero-order chi connectivity index (χ0) is 39.2. The minimum absolute atomic E-state index is 0.276. The standard InChI is InChI=1S/C55H38N4/c1-55(2)43-27-15-12-24-40(43)50-51(55)53-49(48-41-25-13-16-28-46(41)58(52(48)50)38-22-10-5-11-23-38)42-26-14-17-29-47(42)59(53)39-32-30-37(31-33-39)54-56-44(35-18-6-3-7-19-35)34-45(57-54)36-20-8-4-9-21-36/h3-34H,1-2H3. The van der Waals surface area contributed by atoms with Gasteiger partial charge >= 0.3 is 0 Å². The lowest BCUT2D eigenvalue weighted by Gasteiger charge is -2.24. The first-order chi connectivity index (χ1) is 29.1. The second-order valence-electron chi connectivity index (χ2n) is 16.1. The van der Waals surface area contributed by atoms with Gasteiger partial charge in [-0.05, 0) is 71.3 Å². The summed E-state index contributed by atoms with van der Waals surface area (Å²) in [5.74, 6) is 0.701. The molecule has 8 aromatic carbocycles. The monoisotopic (exact) mass is 754 g/mol. The summed E-state index contributed by atoms with van der Waals surface area (Å²) in [6, 6.07) is 69.5.